The van der Waals surface area contributed by atoms with Crippen molar-refractivity contribution in [3.8, 4) is 11.4 Å². The predicted molar refractivity (Wildman–Crippen MR) is 59.5 cm³/mol. The van der Waals surface area contributed by atoms with Crippen LogP contribution in [0.2, 0.25) is 0 Å². The average Bonchev–Trinajstić information content (AvgIpc) is 2.71. The zero-order valence-electron chi connectivity index (χ0n) is 8.47. The summed E-state index contributed by atoms with van der Waals surface area (Å²) in [5.41, 5.74) is 3.24. The van der Waals surface area contributed by atoms with Crippen LogP contribution in [0.15, 0.2) is 18.6 Å². The number of hydrogen-bond donors (Lipinski definition) is 2. The maximum Gasteiger partial charge on any atom is 0.277 e. The van der Waals surface area contributed by atoms with Gasteiger partial charge in [-0.1, -0.05) is 0 Å². The maximum atomic E-state index is 11.5. The van der Waals surface area contributed by atoms with Gasteiger partial charge in [0.1, 0.15) is 16.9 Å². The fourth-order valence-electron chi connectivity index (χ4n) is 1.25. The van der Waals surface area contributed by atoms with Crippen molar-refractivity contribution in [1.29, 1.82) is 0 Å². The van der Waals surface area contributed by atoms with Crippen molar-refractivity contribution in [2.45, 2.75) is 6.92 Å². The number of carbonyl (C=O) groups excluding carboxylic acids is 1. The van der Waals surface area contributed by atoms with Gasteiger partial charge in [-0.15, -0.1) is 11.3 Å². The summed E-state index contributed by atoms with van der Waals surface area (Å²) < 4.78 is 0. The predicted octanol–water partition coefficient (Wildman–Crippen LogP) is 0.512. The molecule has 0 aliphatic heterocycles. The number of aryl methyl sites for hydroxylation is 1. The number of carbonyl (C=O) groups is 1. The fraction of sp³-hybridized carbons (Fsp3) is 0.111. The lowest BCUT2D eigenvalue weighted by Crippen LogP contribution is -2.29. The molecule has 0 unspecified atom stereocenters. The smallest absolute Gasteiger partial charge is 0.277 e. The first-order chi connectivity index (χ1) is 7.72. The Kier molecular flexibility index (Phi) is 2.88. The van der Waals surface area contributed by atoms with Crippen molar-refractivity contribution in [2.24, 2.45) is 5.84 Å². The van der Waals surface area contributed by atoms with Gasteiger partial charge < -0.3 is 0 Å². The molecule has 0 aliphatic rings. The fourth-order valence-corrected chi connectivity index (χ4v) is 2.08. The van der Waals surface area contributed by atoms with Crippen molar-refractivity contribution in [1.82, 2.24) is 20.4 Å². The van der Waals surface area contributed by atoms with Gasteiger partial charge in [-0.25, -0.2) is 20.8 Å². The van der Waals surface area contributed by atoms with Gasteiger partial charge in [0.25, 0.3) is 5.91 Å². The second-order valence-corrected chi connectivity index (χ2v) is 4.18. The molecule has 2 aromatic heterocycles. The molecular weight excluding hydrogens is 226 g/mol. The summed E-state index contributed by atoms with van der Waals surface area (Å²) in [6.45, 7) is 1.82. The second kappa shape index (κ2) is 4.33. The van der Waals surface area contributed by atoms with Crippen LogP contribution >= 0.6 is 11.3 Å². The summed E-state index contributed by atoms with van der Waals surface area (Å²) in [4.78, 5) is 24.1. The zero-order valence-corrected chi connectivity index (χ0v) is 9.28. The van der Waals surface area contributed by atoms with Crippen molar-refractivity contribution in [3.63, 3.8) is 0 Å². The van der Waals surface area contributed by atoms with Crippen molar-refractivity contribution in [3.05, 3.63) is 28.5 Å². The van der Waals surface area contributed by atoms with E-state index >= 15 is 0 Å². The van der Waals surface area contributed by atoms with E-state index in [0.717, 1.165) is 5.01 Å². The molecule has 3 N–H and O–H groups in total. The Morgan fingerprint density at radius 2 is 2.38 bits per heavy atom. The van der Waals surface area contributed by atoms with E-state index in [-0.39, 0.29) is 5.91 Å². The molecule has 0 radical (unpaired) electrons. The van der Waals surface area contributed by atoms with Crippen LogP contribution in [-0.2, 0) is 0 Å². The second-order valence-electron chi connectivity index (χ2n) is 2.98. The van der Waals surface area contributed by atoms with Crippen LogP contribution in [0.3, 0.4) is 0 Å². The molecule has 0 bridgehead atoms. The van der Waals surface area contributed by atoms with Crippen LogP contribution < -0.4 is 11.3 Å². The van der Waals surface area contributed by atoms with E-state index in [4.69, 9.17) is 5.84 Å². The number of rotatable bonds is 2. The number of hydrazine groups is 1. The standard InChI is InChI=1S/C9H9N5OS/c1-5-13-7(6-2-3-11-4-12-6)8(16-5)9(15)14-10/h2-4H,10H2,1H3,(H,14,15). The quantitative estimate of drug-likeness (QED) is 0.449. The number of nitrogens with two attached hydrogens (primary N) is 1. The van der Waals surface area contributed by atoms with E-state index in [1.165, 1.54) is 17.7 Å². The molecule has 0 aliphatic carbocycles. The molecule has 7 heteroatoms. The molecular formula is C9H9N5OS. The minimum atomic E-state index is -0.362. The van der Waals surface area contributed by atoms with E-state index in [1.54, 1.807) is 12.3 Å². The highest BCUT2D eigenvalue weighted by Crippen LogP contribution is 2.25. The normalized spacial score (nSPS) is 10.1. The molecule has 2 aromatic rings. The van der Waals surface area contributed by atoms with Crippen LogP contribution in [0.1, 0.15) is 14.7 Å². The third kappa shape index (κ3) is 1.90. The van der Waals surface area contributed by atoms with Gasteiger partial charge in [0.15, 0.2) is 0 Å². The van der Waals surface area contributed by atoms with Crippen molar-refractivity contribution in [2.75, 3.05) is 0 Å². The van der Waals surface area contributed by atoms with E-state index in [9.17, 15) is 4.79 Å². The molecule has 0 fully saturated rings. The number of nitrogens with zero attached hydrogens (tertiary/aromatic N) is 3. The summed E-state index contributed by atoms with van der Waals surface area (Å²) in [7, 11) is 0. The molecule has 82 valence electrons. The average molecular weight is 235 g/mol. The van der Waals surface area contributed by atoms with Gasteiger partial charge in [-0.2, -0.15) is 0 Å². The first kappa shape index (κ1) is 10.7. The van der Waals surface area contributed by atoms with Gasteiger partial charge in [-0.3, -0.25) is 10.2 Å². The van der Waals surface area contributed by atoms with Gasteiger partial charge in [0.05, 0.1) is 10.7 Å². The number of hydrogen-bond acceptors (Lipinski definition) is 6. The molecule has 0 aromatic carbocycles. The SMILES string of the molecule is Cc1nc(-c2ccncn2)c(C(=O)NN)s1. The Hall–Kier alpha value is -1.86. The molecule has 16 heavy (non-hydrogen) atoms. The van der Waals surface area contributed by atoms with E-state index in [1.807, 2.05) is 6.92 Å². The molecule has 2 heterocycles. The number of aromatic nitrogens is 3. The van der Waals surface area contributed by atoms with Crippen LogP contribution in [0.4, 0.5) is 0 Å². The first-order valence-corrected chi connectivity index (χ1v) is 5.28. The van der Waals surface area contributed by atoms with E-state index < -0.39 is 0 Å². The molecule has 2 rings (SSSR count). The Balaban J connectivity index is 2.53. The van der Waals surface area contributed by atoms with Crippen molar-refractivity contribution < 1.29 is 4.79 Å². The third-order valence-corrected chi connectivity index (χ3v) is 2.87. The summed E-state index contributed by atoms with van der Waals surface area (Å²) >= 11 is 1.28. The Morgan fingerprint density at radius 1 is 1.56 bits per heavy atom. The topological polar surface area (TPSA) is 93.8 Å². The van der Waals surface area contributed by atoms with Crippen LogP contribution in [0, 0.1) is 6.92 Å². The number of thiazole rings is 1. The first-order valence-electron chi connectivity index (χ1n) is 4.47. The minimum Gasteiger partial charge on any atom is -0.289 e. The minimum absolute atomic E-state index is 0.362. The summed E-state index contributed by atoms with van der Waals surface area (Å²) in [6, 6.07) is 1.70. The maximum absolute atomic E-state index is 11.5. The van der Waals surface area contributed by atoms with E-state index in [0.29, 0.717) is 16.3 Å². The molecule has 0 saturated carbocycles. The molecule has 0 atom stereocenters. The monoisotopic (exact) mass is 235 g/mol. The van der Waals surface area contributed by atoms with Crippen LogP contribution in [-0.4, -0.2) is 20.9 Å². The van der Waals surface area contributed by atoms with Crippen LogP contribution in [0.5, 0.6) is 0 Å². The number of nitrogens with one attached hydrogen (secondary N) is 1. The highest BCUT2D eigenvalue weighted by molar-refractivity contribution is 7.14. The van der Waals surface area contributed by atoms with Gasteiger partial charge in [-0.05, 0) is 13.0 Å². The number of nitrogen functional groups attached to an aromatic ring is 1. The Morgan fingerprint density at radius 3 is 3.00 bits per heavy atom. The van der Waals surface area contributed by atoms with Gasteiger partial charge >= 0.3 is 0 Å². The summed E-state index contributed by atoms with van der Waals surface area (Å²) in [6.07, 6.45) is 3.01. The molecule has 0 spiro atoms. The largest absolute Gasteiger partial charge is 0.289 e. The van der Waals surface area contributed by atoms with Gasteiger partial charge in [0, 0.05) is 6.20 Å². The van der Waals surface area contributed by atoms with Crippen LogP contribution in [0.25, 0.3) is 11.4 Å². The van der Waals surface area contributed by atoms with E-state index in [2.05, 4.69) is 20.4 Å². The molecule has 0 saturated heterocycles. The lowest BCUT2D eigenvalue weighted by Gasteiger charge is -1.99. The highest BCUT2D eigenvalue weighted by Gasteiger charge is 2.17. The number of amides is 1. The summed E-state index contributed by atoms with van der Waals surface area (Å²) in [5.74, 6) is 4.75. The molecule has 1 amide bonds. The van der Waals surface area contributed by atoms with Gasteiger partial charge in [0.2, 0.25) is 0 Å². The molecule has 6 nitrogen and oxygen atoms in total. The Labute approximate surface area is 95.5 Å². The lowest BCUT2D eigenvalue weighted by molar-refractivity contribution is 0.0958. The summed E-state index contributed by atoms with van der Waals surface area (Å²) in [5, 5.41) is 0.784. The lowest BCUT2D eigenvalue weighted by atomic mass is 10.2. The zero-order chi connectivity index (χ0) is 11.5. The third-order valence-electron chi connectivity index (χ3n) is 1.90. The van der Waals surface area contributed by atoms with Crippen molar-refractivity contribution >= 4 is 17.2 Å². The Bertz CT molecular complexity index is 510. The highest BCUT2D eigenvalue weighted by atomic mass is 32.1.